The molecule has 1 saturated carbocycles. The van der Waals surface area contributed by atoms with Gasteiger partial charge in [0.1, 0.15) is 17.6 Å². The van der Waals surface area contributed by atoms with Gasteiger partial charge in [-0.05, 0) is 57.1 Å². The van der Waals surface area contributed by atoms with E-state index in [0.717, 1.165) is 57.8 Å². The number of alkyl halides is 3. The SMILES string of the molecule is CC(N1CCC(N2CCCN(c3cccc(C(=O)NCC4CC4)n3)CC2)CC1)C(F)(F)F. The van der Waals surface area contributed by atoms with Crippen molar-refractivity contribution < 1.29 is 18.0 Å². The number of aromatic nitrogens is 1. The molecule has 1 unspecified atom stereocenters. The molecule has 32 heavy (non-hydrogen) atoms. The van der Waals surface area contributed by atoms with Crippen LogP contribution in [0.1, 0.15) is 49.5 Å². The van der Waals surface area contributed by atoms with E-state index in [1.807, 2.05) is 12.1 Å². The standard InChI is InChI=1S/C23H34F3N5O/c1-17(23(24,25)26)29-12-8-19(9-13-29)30-10-3-11-31(15-14-30)21-5-2-4-20(28-21)22(32)27-16-18-6-7-18/h2,4-5,17-19H,3,6-16H2,1H3,(H,27,32). The van der Waals surface area contributed by atoms with Gasteiger partial charge >= 0.3 is 6.18 Å². The van der Waals surface area contributed by atoms with Crippen molar-refractivity contribution in [3.05, 3.63) is 23.9 Å². The van der Waals surface area contributed by atoms with Gasteiger partial charge in [-0.25, -0.2) is 4.98 Å². The van der Waals surface area contributed by atoms with Crippen LogP contribution in [0.2, 0.25) is 0 Å². The highest BCUT2D eigenvalue weighted by molar-refractivity contribution is 5.92. The minimum absolute atomic E-state index is 0.116. The maximum Gasteiger partial charge on any atom is 0.403 e. The smallest absolute Gasteiger partial charge is 0.355 e. The van der Waals surface area contributed by atoms with Gasteiger partial charge in [0.05, 0.1) is 0 Å². The zero-order valence-corrected chi connectivity index (χ0v) is 18.8. The van der Waals surface area contributed by atoms with Gasteiger partial charge in [-0.2, -0.15) is 13.2 Å². The van der Waals surface area contributed by atoms with E-state index in [9.17, 15) is 18.0 Å². The first kappa shape index (κ1) is 23.3. The third-order valence-electron chi connectivity index (χ3n) is 7.11. The Bertz CT molecular complexity index is 777. The molecule has 0 radical (unpaired) electrons. The third kappa shape index (κ3) is 5.92. The Balaban J connectivity index is 1.29. The highest BCUT2D eigenvalue weighted by atomic mass is 19.4. The molecule has 3 fully saturated rings. The minimum atomic E-state index is -4.16. The highest BCUT2D eigenvalue weighted by Crippen LogP contribution is 2.29. The molecule has 0 bridgehead atoms. The summed E-state index contributed by atoms with van der Waals surface area (Å²) in [4.78, 5) is 23.2. The fourth-order valence-electron chi connectivity index (χ4n) is 4.75. The number of halogens is 3. The molecule has 1 N–H and O–H groups in total. The lowest BCUT2D eigenvalue weighted by Gasteiger charge is -2.40. The molecule has 0 spiro atoms. The first-order chi connectivity index (χ1) is 15.3. The summed E-state index contributed by atoms with van der Waals surface area (Å²) in [5, 5.41) is 2.97. The van der Waals surface area contributed by atoms with Crippen molar-refractivity contribution in [1.29, 1.82) is 0 Å². The number of pyridine rings is 1. The molecule has 178 valence electrons. The highest BCUT2D eigenvalue weighted by Gasteiger charge is 2.41. The second kappa shape index (κ2) is 9.95. The van der Waals surface area contributed by atoms with E-state index >= 15 is 0 Å². The summed E-state index contributed by atoms with van der Waals surface area (Å²) in [6.45, 7) is 6.44. The van der Waals surface area contributed by atoms with Gasteiger partial charge in [0, 0.05) is 51.9 Å². The fourth-order valence-corrected chi connectivity index (χ4v) is 4.75. The number of amides is 1. The Morgan fingerprint density at radius 2 is 1.84 bits per heavy atom. The van der Waals surface area contributed by atoms with E-state index < -0.39 is 12.2 Å². The summed E-state index contributed by atoms with van der Waals surface area (Å²) in [5.74, 6) is 1.33. The molecule has 1 aliphatic carbocycles. The zero-order valence-electron chi connectivity index (χ0n) is 18.8. The van der Waals surface area contributed by atoms with Crippen molar-refractivity contribution in [2.75, 3.05) is 50.7 Å². The lowest BCUT2D eigenvalue weighted by atomic mass is 10.0. The first-order valence-corrected chi connectivity index (χ1v) is 11.9. The number of piperidine rings is 1. The molecule has 3 aliphatic rings. The molecule has 1 atom stereocenters. The molecule has 3 heterocycles. The van der Waals surface area contributed by atoms with Crippen LogP contribution in [0.15, 0.2) is 18.2 Å². The fraction of sp³-hybridized carbons (Fsp3) is 0.739. The molecule has 4 rings (SSSR count). The van der Waals surface area contributed by atoms with Crippen LogP contribution in [-0.2, 0) is 0 Å². The minimum Gasteiger partial charge on any atom is -0.355 e. The summed E-state index contributed by atoms with van der Waals surface area (Å²) in [5.41, 5.74) is 0.454. The van der Waals surface area contributed by atoms with Crippen molar-refractivity contribution in [2.24, 2.45) is 5.92 Å². The molecule has 6 nitrogen and oxygen atoms in total. The predicted molar refractivity (Wildman–Crippen MR) is 118 cm³/mol. The van der Waals surface area contributed by atoms with Crippen molar-refractivity contribution in [1.82, 2.24) is 20.1 Å². The summed E-state index contributed by atoms with van der Waals surface area (Å²) in [6.07, 6.45) is 0.743. The van der Waals surface area contributed by atoms with Crippen LogP contribution in [0, 0.1) is 5.92 Å². The van der Waals surface area contributed by atoms with Crippen LogP contribution >= 0.6 is 0 Å². The number of anilines is 1. The number of likely N-dealkylation sites (tertiary alicyclic amines) is 1. The Kier molecular flexibility index (Phi) is 7.24. The largest absolute Gasteiger partial charge is 0.403 e. The number of hydrogen-bond acceptors (Lipinski definition) is 5. The first-order valence-electron chi connectivity index (χ1n) is 11.9. The summed E-state index contributed by atoms with van der Waals surface area (Å²) in [7, 11) is 0. The Labute approximate surface area is 188 Å². The summed E-state index contributed by atoms with van der Waals surface area (Å²) in [6, 6.07) is 4.55. The Hall–Kier alpha value is -1.87. The normalized spacial score (nSPS) is 23.1. The number of nitrogens with zero attached hydrogens (tertiary/aromatic N) is 4. The molecule has 0 aromatic carbocycles. The summed E-state index contributed by atoms with van der Waals surface area (Å²) < 4.78 is 39.0. The Morgan fingerprint density at radius 1 is 1.09 bits per heavy atom. The molecule has 9 heteroatoms. The lowest BCUT2D eigenvalue weighted by molar-refractivity contribution is -0.182. The average Bonchev–Trinajstić information content (AvgIpc) is 3.63. The van der Waals surface area contributed by atoms with Crippen molar-refractivity contribution >= 4 is 11.7 Å². The Morgan fingerprint density at radius 3 is 2.53 bits per heavy atom. The van der Waals surface area contributed by atoms with E-state index in [2.05, 4.69) is 20.1 Å². The van der Waals surface area contributed by atoms with E-state index in [1.54, 1.807) is 11.0 Å². The molecule has 1 aromatic heterocycles. The van der Waals surface area contributed by atoms with E-state index in [-0.39, 0.29) is 5.91 Å². The van der Waals surface area contributed by atoms with E-state index in [4.69, 9.17) is 0 Å². The number of carbonyl (C=O) groups is 1. The van der Waals surface area contributed by atoms with E-state index in [1.165, 1.54) is 19.8 Å². The van der Waals surface area contributed by atoms with Crippen LogP contribution in [0.25, 0.3) is 0 Å². The van der Waals surface area contributed by atoms with Gasteiger partial charge in [-0.1, -0.05) is 6.07 Å². The van der Waals surface area contributed by atoms with Crippen LogP contribution in [0.5, 0.6) is 0 Å². The van der Waals surface area contributed by atoms with Crippen LogP contribution in [0.4, 0.5) is 19.0 Å². The molecule has 2 saturated heterocycles. The summed E-state index contributed by atoms with van der Waals surface area (Å²) >= 11 is 0. The van der Waals surface area contributed by atoms with Crippen molar-refractivity contribution in [3.63, 3.8) is 0 Å². The monoisotopic (exact) mass is 453 g/mol. The third-order valence-corrected chi connectivity index (χ3v) is 7.11. The topological polar surface area (TPSA) is 51.7 Å². The average molecular weight is 454 g/mol. The molecular formula is C23H34F3N5O. The number of rotatable bonds is 6. The van der Waals surface area contributed by atoms with Crippen LogP contribution in [0.3, 0.4) is 0 Å². The maximum absolute atomic E-state index is 13.0. The second-order valence-electron chi connectivity index (χ2n) is 9.40. The lowest BCUT2D eigenvalue weighted by Crippen LogP contribution is -2.51. The van der Waals surface area contributed by atoms with Crippen molar-refractivity contribution in [2.45, 2.75) is 57.3 Å². The van der Waals surface area contributed by atoms with Crippen molar-refractivity contribution in [3.8, 4) is 0 Å². The maximum atomic E-state index is 13.0. The number of hydrogen-bond donors (Lipinski definition) is 1. The quantitative estimate of drug-likeness (QED) is 0.717. The van der Waals surface area contributed by atoms with Gasteiger partial charge in [0.15, 0.2) is 0 Å². The second-order valence-corrected chi connectivity index (χ2v) is 9.40. The van der Waals surface area contributed by atoms with Crippen LogP contribution in [-0.4, -0.2) is 84.8 Å². The number of nitrogens with one attached hydrogen (secondary N) is 1. The van der Waals surface area contributed by atoms with Gasteiger partial charge in [0.25, 0.3) is 5.91 Å². The molecular weight excluding hydrogens is 419 g/mol. The van der Waals surface area contributed by atoms with Gasteiger partial charge in [-0.15, -0.1) is 0 Å². The van der Waals surface area contributed by atoms with Gasteiger partial charge in [0.2, 0.25) is 0 Å². The van der Waals surface area contributed by atoms with Gasteiger partial charge < -0.3 is 10.2 Å². The molecule has 1 amide bonds. The van der Waals surface area contributed by atoms with Crippen LogP contribution < -0.4 is 10.2 Å². The molecule has 2 aliphatic heterocycles. The molecule has 1 aromatic rings. The predicted octanol–water partition coefficient (Wildman–Crippen LogP) is 3.15. The van der Waals surface area contributed by atoms with E-state index in [0.29, 0.717) is 30.7 Å². The number of carbonyl (C=O) groups excluding carboxylic acids is 1. The van der Waals surface area contributed by atoms with Gasteiger partial charge in [-0.3, -0.25) is 14.6 Å². The zero-order chi connectivity index (χ0) is 22.7.